The molecule has 5 atom stereocenters. The Morgan fingerprint density at radius 3 is 2.66 bits per heavy atom. The van der Waals surface area contributed by atoms with E-state index in [2.05, 4.69) is 16.9 Å². The molecule has 2 aromatic rings. The zero-order valence-electron chi connectivity index (χ0n) is 20.7. The molecule has 3 aliphatic heterocycles. The number of ether oxygens (including phenoxy) is 1. The van der Waals surface area contributed by atoms with Crippen molar-refractivity contribution in [3.63, 3.8) is 0 Å². The molecule has 0 aromatic carbocycles. The standard InChI is InChI=1S/C24H30ClF2N5O2S/c1-7-35-21-29-17-14-16(28-19(25)15(17)26)11(2)12(3)18-13-8-9-24(27,10-31(18)20(14)30-21)32(13)22(33)34-23(4,5)6/h11-13,18H,7-10H2,1-6H3/t11-,12+,13+,18+,24-/m1/s1. The van der Waals surface area contributed by atoms with Crippen LogP contribution in [0.3, 0.4) is 0 Å². The number of aromatic nitrogens is 3. The molecule has 190 valence electrons. The van der Waals surface area contributed by atoms with Crippen molar-refractivity contribution in [1.82, 2.24) is 19.9 Å². The summed E-state index contributed by atoms with van der Waals surface area (Å²) in [7, 11) is 0. The van der Waals surface area contributed by atoms with Gasteiger partial charge in [-0.2, -0.15) is 0 Å². The zero-order chi connectivity index (χ0) is 25.4. The maximum atomic E-state index is 16.5. The quantitative estimate of drug-likeness (QED) is 0.208. The summed E-state index contributed by atoms with van der Waals surface area (Å²) in [4.78, 5) is 30.1. The maximum Gasteiger partial charge on any atom is 0.413 e. The highest BCUT2D eigenvalue weighted by atomic mass is 35.5. The summed E-state index contributed by atoms with van der Waals surface area (Å²) in [6.07, 6.45) is 0.0547. The number of anilines is 1. The van der Waals surface area contributed by atoms with Gasteiger partial charge in [0.2, 0.25) is 5.79 Å². The van der Waals surface area contributed by atoms with Crippen LogP contribution in [0.2, 0.25) is 5.15 Å². The number of thioether (sulfide) groups is 1. The summed E-state index contributed by atoms with van der Waals surface area (Å²) < 4.78 is 37.4. The predicted octanol–water partition coefficient (Wildman–Crippen LogP) is 5.94. The predicted molar refractivity (Wildman–Crippen MR) is 132 cm³/mol. The number of hydrogen-bond acceptors (Lipinski definition) is 7. The summed E-state index contributed by atoms with van der Waals surface area (Å²) in [5.74, 6) is -1.70. The number of pyridine rings is 1. The normalized spacial score (nSPS) is 29.9. The number of rotatable bonds is 2. The lowest BCUT2D eigenvalue weighted by molar-refractivity contribution is -0.0619. The van der Waals surface area contributed by atoms with E-state index in [0.29, 0.717) is 34.2 Å². The molecule has 2 saturated heterocycles. The molecule has 7 nitrogen and oxygen atoms in total. The first kappa shape index (κ1) is 24.7. The molecule has 0 aliphatic carbocycles. The van der Waals surface area contributed by atoms with Crippen LogP contribution in [0.15, 0.2) is 5.16 Å². The summed E-state index contributed by atoms with van der Waals surface area (Å²) in [5, 5.41) is 0.642. The van der Waals surface area contributed by atoms with E-state index in [1.165, 1.54) is 16.7 Å². The van der Waals surface area contributed by atoms with Crippen LogP contribution in [0.25, 0.3) is 10.9 Å². The monoisotopic (exact) mass is 525 g/mol. The van der Waals surface area contributed by atoms with Crippen molar-refractivity contribution in [2.45, 2.75) is 88.9 Å². The Labute approximate surface area is 213 Å². The number of piperazine rings is 1. The highest BCUT2D eigenvalue weighted by Gasteiger charge is 2.61. The molecule has 11 heteroatoms. The molecular weight excluding hydrogens is 496 g/mol. The van der Waals surface area contributed by atoms with Gasteiger partial charge in [-0.1, -0.05) is 44.1 Å². The Morgan fingerprint density at radius 2 is 2.00 bits per heavy atom. The van der Waals surface area contributed by atoms with E-state index >= 15 is 8.78 Å². The minimum atomic E-state index is -1.93. The molecule has 0 spiro atoms. The third-order valence-corrected chi connectivity index (χ3v) is 8.36. The second kappa shape index (κ2) is 8.30. The van der Waals surface area contributed by atoms with Gasteiger partial charge >= 0.3 is 6.09 Å². The van der Waals surface area contributed by atoms with Crippen LogP contribution in [0, 0.1) is 11.7 Å². The second-order valence-electron chi connectivity index (χ2n) is 10.7. The van der Waals surface area contributed by atoms with Gasteiger partial charge in [-0.05, 0) is 38.9 Å². The molecule has 2 bridgehead atoms. The molecule has 3 aliphatic rings. The third-order valence-electron chi connectivity index (χ3n) is 7.38. The zero-order valence-corrected chi connectivity index (χ0v) is 22.3. The Hall–Kier alpha value is -1.94. The molecular formula is C24H30ClF2N5O2S. The van der Waals surface area contributed by atoms with E-state index in [-0.39, 0.29) is 41.5 Å². The van der Waals surface area contributed by atoms with Gasteiger partial charge in [0.25, 0.3) is 0 Å². The van der Waals surface area contributed by atoms with Crippen LogP contribution in [-0.2, 0) is 4.74 Å². The largest absolute Gasteiger partial charge is 0.444 e. The number of hydrogen-bond donors (Lipinski definition) is 0. The first-order valence-electron chi connectivity index (χ1n) is 12.0. The van der Waals surface area contributed by atoms with Crippen molar-refractivity contribution in [2.75, 3.05) is 17.2 Å². The first-order chi connectivity index (χ1) is 16.4. The number of alkyl halides is 1. The van der Waals surface area contributed by atoms with Crippen molar-refractivity contribution < 1.29 is 18.3 Å². The fraction of sp³-hybridized carbons (Fsp3) is 0.667. The topological polar surface area (TPSA) is 71.5 Å². The van der Waals surface area contributed by atoms with E-state index < -0.39 is 29.3 Å². The second-order valence-corrected chi connectivity index (χ2v) is 12.3. The highest BCUT2D eigenvalue weighted by molar-refractivity contribution is 7.99. The Bertz CT molecular complexity index is 1210. The molecule has 0 saturated carbocycles. The van der Waals surface area contributed by atoms with Gasteiger partial charge in [0, 0.05) is 12.3 Å². The fourth-order valence-corrected chi connectivity index (χ4v) is 6.58. The van der Waals surface area contributed by atoms with Crippen molar-refractivity contribution >= 4 is 46.2 Å². The molecule has 0 radical (unpaired) electrons. The number of fused-ring (bicyclic) bond motifs is 5. The van der Waals surface area contributed by atoms with E-state index in [1.807, 2.05) is 18.7 Å². The Morgan fingerprint density at radius 1 is 1.29 bits per heavy atom. The summed E-state index contributed by atoms with van der Waals surface area (Å²) in [6, 6.07) is -0.694. The van der Waals surface area contributed by atoms with Gasteiger partial charge in [0.05, 0.1) is 29.7 Å². The Balaban J connectivity index is 1.71. The lowest BCUT2D eigenvalue weighted by Crippen LogP contribution is -2.68. The van der Waals surface area contributed by atoms with Gasteiger partial charge in [-0.25, -0.2) is 28.5 Å². The Kier molecular flexibility index (Phi) is 5.86. The summed E-state index contributed by atoms with van der Waals surface area (Å²) in [5.41, 5.74) is -0.0363. The average Bonchev–Trinajstić information content (AvgIpc) is 2.98. The molecule has 2 fully saturated rings. The van der Waals surface area contributed by atoms with Crippen molar-refractivity contribution in [1.29, 1.82) is 0 Å². The SMILES string of the molecule is CCSc1nc2c3c(nc(Cl)c(F)c3n1)[C@H](C)[C@H](C)[C@H]1[C@@H]3CC[C@](F)(CN21)N3C(=O)OC(C)(C)C. The van der Waals surface area contributed by atoms with Gasteiger partial charge in [0.15, 0.2) is 16.1 Å². The molecule has 0 unspecified atom stereocenters. The lowest BCUT2D eigenvalue weighted by Gasteiger charge is -2.51. The molecule has 35 heavy (non-hydrogen) atoms. The molecule has 2 aromatic heterocycles. The van der Waals surface area contributed by atoms with Gasteiger partial charge in [-0.3, -0.25) is 4.90 Å². The van der Waals surface area contributed by atoms with E-state index in [4.69, 9.17) is 21.3 Å². The number of nitrogens with zero attached hydrogens (tertiary/aromatic N) is 5. The van der Waals surface area contributed by atoms with Crippen LogP contribution in [-0.4, -0.2) is 61.7 Å². The summed E-state index contributed by atoms with van der Waals surface area (Å²) in [6.45, 7) is 11.3. The van der Waals surface area contributed by atoms with Crippen LogP contribution in [0.4, 0.5) is 19.4 Å². The van der Waals surface area contributed by atoms with Gasteiger partial charge in [-0.15, -0.1) is 0 Å². The van der Waals surface area contributed by atoms with Crippen LogP contribution in [0.5, 0.6) is 0 Å². The summed E-state index contributed by atoms with van der Waals surface area (Å²) >= 11 is 7.59. The first-order valence-corrected chi connectivity index (χ1v) is 13.4. The average molecular weight is 526 g/mol. The molecule has 0 N–H and O–H groups in total. The van der Waals surface area contributed by atoms with Gasteiger partial charge in [0.1, 0.15) is 16.9 Å². The number of halogens is 3. The van der Waals surface area contributed by atoms with E-state index in [0.717, 1.165) is 0 Å². The highest BCUT2D eigenvalue weighted by Crippen LogP contribution is 2.52. The van der Waals surface area contributed by atoms with E-state index in [9.17, 15) is 4.79 Å². The third kappa shape index (κ3) is 3.82. The van der Waals surface area contributed by atoms with Crippen molar-refractivity contribution in [2.24, 2.45) is 5.92 Å². The number of carbonyl (C=O) groups is 1. The lowest BCUT2D eigenvalue weighted by atomic mass is 9.81. The minimum absolute atomic E-state index is 0.0682. The van der Waals surface area contributed by atoms with Crippen LogP contribution >= 0.6 is 23.4 Å². The smallest absolute Gasteiger partial charge is 0.413 e. The van der Waals surface area contributed by atoms with Crippen LogP contribution < -0.4 is 4.90 Å². The number of carbonyl (C=O) groups excluding carboxylic acids is 1. The van der Waals surface area contributed by atoms with Gasteiger partial charge < -0.3 is 9.64 Å². The van der Waals surface area contributed by atoms with E-state index in [1.54, 1.807) is 20.8 Å². The number of amides is 1. The maximum absolute atomic E-state index is 16.5. The molecule has 5 heterocycles. The molecule has 5 rings (SSSR count). The van der Waals surface area contributed by atoms with Crippen molar-refractivity contribution in [3.05, 3.63) is 16.7 Å². The fourth-order valence-electron chi connectivity index (χ4n) is 5.84. The molecule has 1 amide bonds. The van der Waals surface area contributed by atoms with Crippen LogP contribution in [0.1, 0.15) is 66.0 Å². The minimum Gasteiger partial charge on any atom is -0.444 e. The van der Waals surface area contributed by atoms with Crippen molar-refractivity contribution in [3.8, 4) is 0 Å².